The number of nitrogens with one attached hydrogen (secondary N) is 2. The lowest BCUT2D eigenvalue weighted by molar-refractivity contribution is -0.117. The summed E-state index contributed by atoms with van der Waals surface area (Å²) in [5.41, 5.74) is 8.66. The van der Waals surface area contributed by atoms with E-state index in [1.807, 2.05) is 42.6 Å². The van der Waals surface area contributed by atoms with Crippen LogP contribution in [0.4, 0.5) is 5.69 Å². The molecule has 0 saturated carbocycles. The summed E-state index contributed by atoms with van der Waals surface area (Å²) in [6.07, 6.45) is 2.35. The molecule has 1 aromatic heterocycles. The number of amides is 1. The molecule has 4 N–H and O–H groups in total. The maximum absolute atomic E-state index is 12.2. The van der Waals surface area contributed by atoms with Gasteiger partial charge in [0.2, 0.25) is 5.91 Å². The second-order valence-electron chi connectivity index (χ2n) is 5.14. The van der Waals surface area contributed by atoms with E-state index in [1.165, 1.54) is 0 Å². The summed E-state index contributed by atoms with van der Waals surface area (Å²) < 4.78 is 0. The van der Waals surface area contributed by atoms with Gasteiger partial charge in [-0.05, 0) is 30.2 Å². The van der Waals surface area contributed by atoms with Crippen LogP contribution in [0, 0.1) is 0 Å². The highest BCUT2D eigenvalue weighted by atomic mass is 35.5. The Morgan fingerprint density at radius 3 is 2.73 bits per heavy atom. The molecular weight excluding hydrogens is 298 g/mol. The lowest BCUT2D eigenvalue weighted by Gasteiger charge is -2.12. The number of aromatic nitrogens is 1. The Hall–Kier alpha value is -2.30. The van der Waals surface area contributed by atoms with E-state index in [1.54, 1.807) is 12.1 Å². The topological polar surface area (TPSA) is 70.9 Å². The summed E-state index contributed by atoms with van der Waals surface area (Å²) in [6.45, 7) is 0. The Bertz CT molecular complexity index is 812. The van der Waals surface area contributed by atoms with Gasteiger partial charge in [0.05, 0.1) is 16.8 Å². The molecule has 0 saturated heterocycles. The van der Waals surface area contributed by atoms with Crippen LogP contribution in [0.3, 0.4) is 0 Å². The van der Waals surface area contributed by atoms with Gasteiger partial charge in [-0.15, -0.1) is 0 Å². The molecule has 112 valence electrons. The van der Waals surface area contributed by atoms with Gasteiger partial charge >= 0.3 is 0 Å². The second kappa shape index (κ2) is 6.22. The Kier molecular flexibility index (Phi) is 4.13. The van der Waals surface area contributed by atoms with Crippen LogP contribution >= 0.6 is 11.6 Å². The first-order valence-corrected chi connectivity index (χ1v) is 7.39. The molecule has 0 spiro atoms. The van der Waals surface area contributed by atoms with Gasteiger partial charge in [0.25, 0.3) is 0 Å². The average Bonchev–Trinajstić information content (AvgIpc) is 2.93. The Labute approximate surface area is 133 Å². The van der Waals surface area contributed by atoms with E-state index < -0.39 is 6.04 Å². The summed E-state index contributed by atoms with van der Waals surface area (Å²) in [5, 5.41) is 4.35. The van der Waals surface area contributed by atoms with Gasteiger partial charge in [-0.25, -0.2) is 0 Å². The first kappa shape index (κ1) is 14.6. The minimum atomic E-state index is -0.643. The van der Waals surface area contributed by atoms with E-state index in [0.29, 0.717) is 17.1 Å². The van der Waals surface area contributed by atoms with Crippen LogP contribution in [0.15, 0.2) is 54.7 Å². The number of carbonyl (C=O) groups is 1. The quantitative estimate of drug-likeness (QED) is 0.691. The highest BCUT2D eigenvalue weighted by molar-refractivity contribution is 6.33. The number of H-pyrrole nitrogens is 1. The molecule has 0 fully saturated rings. The largest absolute Gasteiger partial charge is 0.361 e. The Morgan fingerprint density at radius 1 is 1.18 bits per heavy atom. The predicted molar refractivity (Wildman–Crippen MR) is 90.1 cm³/mol. The fraction of sp³-hybridized carbons (Fsp3) is 0.118. The van der Waals surface area contributed by atoms with Crippen molar-refractivity contribution < 1.29 is 4.79 Å². The number of carbonyl (C=O) groups excluding carboxylic acids is 1. The number of anilines is 1. The van der Waals surface area contributed by atoms with Crippen LogP contribution < -0.4 is 11.1 Å². The third kappa shape index (κ3) is 2.98. The van der Waals surface area contributed by atoms with E-state index in [2.05, 4.69) is 10.3 Å². The van der Waals surface area contributed by atoms with Gasteiger partial charge in [0.15, 0.2) is 0 Å². The van der Waals surface area contributed by atoms with Crippen LogP contribution in [0.25, 0.3) is 10.9 Å². The summed E-state index contributed by atoms with van der Waals surface area (Å²) in [5.74, 6) is -0.251. The Morgan fingerprint density at radius 2 is 1.91 bits per heavy atom. The molecule has 0 bridgehead atoms. The fourth-order valence-corrected chi connectivity index (χ4v) is 2.60. The normalized spacial score (nSPS) is 12.3. The number of hydrogen-bond acceptors (Lipinski definition) is 2. The maximum Gasteiger partial charge on any atom is 0.241 e. The zero-order chi connectivity index (χ0) is 15.5. The van der Waals surface area contributed by atoms with E-state index in [0.717, 1.165) is 16.5 Å². The molecule has 4 nitrogen and oxygen atoms in total. The minimum absolute atomic E-state index is 0.251. The smallest absolute Gasteiger partial charge is 0.241 e. The van der Waals surface area contributed by atoms with Crippen molar-refractivity contribution in [2.45, 2.75) is 12.5 Å². The SMILES string of the molecule is N[C@@H](Cc1c[nH]c2ccccc12)C(=O)Nc1ccccc1Cl. The molecule has 0 aliphatic heterocycles. The van der Waals surface area contributed by atoms with Crippen LogP contribution in [0.1, 0.15) is 5.56 Å². The molecule has 1 heterocycles. The highest BCUT2D eigenvalue weighted by Gasteiger charge is 2.17. The summed E-state index contributed by atoms with van der Waals surface area (Å²) in [6, 6.07) is 14.4. The van der Waals surface area contributed by atoms with E-state index >= 15 is 0 Å². The van der Waals surface area contributed by atoms with E-state index in [4.69, 9.17) is 17.3 Å². The Balaban J connectivity index is 1.73. The van der Waals surface area contributed by atoms with E-state index in [-0.39, 0.29) is 5.91 Å². The maximum atomic E-state index is 12.2. The molecule has 3 aromatic rings. The summed E-state index contributed by atoms with van der Waals surface area (Å²) in [4.78, 5) is 15.4. The number of rotatable bonds is 4. The van der Waals surface area contributed by atoms with Crippen molar-refractivity contribution in [1.29, 1.82) is 0 Å². The summed E-state index contributed by atoms with van der Waals surface area (Å²) in [7, 11) is 0. The van der Waals surface area contributed by atoms with Gasteiger partial charge in [0.1, 0.15) is 0 Å². The minimum Gasteiger partial charge on any atom is -0.361 e. The first-order chi connectivity index (χ1) is 10.6. The molecule has 0 unspecified atom stereocenters. The van der Waals surface area contributed by atoms with Crippen molar-refractivity contribution in [1.82, 2.24) is 4.98 Å². The number of fused-ring (bicyclic) bond motifs is 1. The van der Waals surface area contributed by atoms with E-state index in [9.17, 15) is 4.79 Å². The van der Waals surface area contributed by atoms with Crippen molar-refractivity contribution in [3.8, 4) is 0 Å². The third-order valence-electron chi connectivity index (χ3n) is 3.58. The van der Waals surface area contributed by atoms with Crippen molar-refractivity contribution >= 4 is 34.1 Å². The van der Waals surface area contributed by atoms with Crippen molar-refractivity contribution in [2.75, 3.05) is 5.32 Å². The van der Waals surface area contributed by atoms with Gasteiger partial charge < -0.3 is 16.0 Å². The van der Waals surface area contributed by atoms with Gasteiger partial charge in [0, 0.05) is 17.1 Å². The number of halogens is 1. The third-order valence-corrected chi connectivity index (χ3v) is 3.91. The first-order valence-electron chi connectivity index (χ1n) is 7.01. The van der Waals surface area contributed by atoms with Crippen LogP contribution in [0.5, 0.6) is 0 Å². The van der Waals surface area contributed by atoms with Gasteiger partial charge in [-0.2, -0.15) is 0 Å². The highest BCUT2D eigenvalue weighted by Crippen LogP contribution is 2.22. The zero-order valence-corrected chi connectivity index (χ0v) is 12.6. The molecule has 5 heteroatoms. The number of benzene rings is 2. The molecule has 2 aromatic carbocycles. The van der Waals surface area contributed by atoms with Crippen LogP contribution in [0.2, 0.25) is 5.02 Å². The number of hydrogen-bond donors (Lipinski definition) is 3. The average molecular weight is 314 g/mol. The molecule has 22 heavy (non-hydrogen) atoms. The molecule has 1 amide bonds. The number of nitrogens with two attached hydrogens (primary N) is 1. The predicted octanol–water partition coefficient (Wildman–Crippen LogP) is 3.33. The lowest BCUT2D eigenvalue weighted by atomic mass is 10.0. The monoisotopic (exact) mass is 313 g/mol. The van der Waals surface area contributed by atoms with Gasteiger partial charge in [-0.1, -0.05) is 41.9 Å². The molecule has 0 aliphatic carbocycles. The number of aromatic amines is 1. The molecule has 0 aliphatic rings. The van der Waals surface area contributed by atoms with Crippen LogP contribution in [-0.2, 0) is 11.2 Å². The molecular formula is C17H16ClN3O. The summed E-state index contributed by atoms with van der Waals surface area (Å²) >= 11 is 6.03. The van der Waals surface area contributed by atoms with Gasteiger partial charge in [-0.3, -0.25) is 4.79 Å². The van der Waals surface area contributed by atoms with Crippen molar-refractivity contribution in [3.05, 3.63) is 65.3 Å². The number of para-hydroxylation sites is 2. The molecule has 3 rings (SSSR count). The molecule has 0 radical (unpaired) electrons. The molecule has 1 atom stereocenters. The van der Waals surface area contributed by atoms with Crippen molar-refractivity contribution in [2.24, 2.45) is 5.73 Å². The lowest BCUT2D eigenvalue weighted by Crippen LogP contribution is -2.37. The zero-order valence-electron chi connectivity index (χ0n) is 11.8. The van der Waals surface area contributed by atoms with Crippen molar-refractivity contribution in [3.63, 3.8) is 0 Å². The second-order valence-corrected chi connectivity index (χ2v) is 5.55. The fourth-order valence-electron chi connectivity index (χ4n) is 2.42. The standard InChI is InChI=1S/C17H16ClN3O/c18-13-6-2-4-8-16(13)21-17(22)14(19)9-11-10-20-15-7-3-1-5-12(11)15/h1-8,10,14,20H,9,19H2,(H,21,22)/t14-/m0/s1. The van der Waals surface area contributed by atoms with Crippen LogP contribution in [-0.4, -0.2) is 16.9 Å².